The lowest BCUT2D eigenvalue weighted by Crippen LogP contribution is -2.60. The summed E-state index contributed by atoms with van der Waals surface area (Å²) < 4.78 is 16.3. The Hall–Kier alpha value is -3.09. The number of aromatic hydroxyl groups is 3. The molecule has 0 saturated carbocycles. The molecule has 11 nitrogen and oxygen atoms in total. The van der Waals surface area contributed by atoms with Gasteiger partial charge < -0.3 is 49.6 Å². The third kappa shape index (κ3) is 3.09. The highest BCUT2D eigenvalue weighted by Gasteiger charge is 2.45. The first-order valence-corrected chi connectivity index (χ1v) is 8.84. The van der Waals surface area contributed by atoms with Gasteiger partial charge in [0, 0.05) is 12.1 Å². The maximum Gasteiger partial charge on any atom is 0.229 e. The highest BCUT2D eigenvalue weighted by Crippen LogP contribution is 2.37. The molecule has 0 amide bonds. The van der Waals surface area contributed by atoms with Crippen molar-refractivity contribution in [2.75, 3.05) is 6.61 Å². The molecule has 2 aromatic carbocycles. The molecule has 7 N–H and O–H groups in total. The lowest BCUT2D eigenvalue weighted by molar-refractivity contribution is -0.277. The number of hydrogen-bond acceptors (Lipinski definition) is 11. The molecule has 0 unspecified atom stereocenters. The van der Waals surface area contributed by atoms with Gasteiger partial charge in [0.2, 0.25) is 11.7 Å². The Labute approximate surface area is 167 Å². The first-order valence-electron chi connectivity index (χ1n) is 8.84. The predicted octanol–water partition coefficient (Wildman–Crippen LogP) is -0.758. The summed E-state index contributed by atoms with van der Waals surface area (Å²) in [4.78, 5) is 13.0. The molecule has 0 bridgehead atoms. The van der Waals surface area contributed by atoms with Gasteiger partial charge >= 0.3 is 0 Å². The molecule has 5 atom stereocenters. The van der Waals surface area contributed by atoms with E-state index in [4.69, 9.17) is 13.9 Å². The largest absolute Gasteiger partial charge is 0.508 e. The van der Waals surface area contributed by atoms with Gasteiger partial charge in [0.25, 0.3) is 0 Å². The van der Waals surface area contributed by atoms with Crippen molar-refractivity contribution >= 4 is 21.9 Å². The number of benzene rings is 2. The minimum absolute atomic E-state index is 0.0628. The van der Waals surface area contributed by atoms with E-state index in [2.05, 4.69) is 0 Å². The Morgan fingerprint density at radius 3 is 2.37 bits per heavy atom. The SMILES string of the molecule is O=c1c2c(O[C@H]3O[C@@H](CO)[C@H](O)[C@H](O)[C@@H]3O)cc(O)cc2oc2ccc(O)c(O)c12. The van der Waals surface area contributed by atoms with Gasteiger partial charge in [-0.2, -0.15) is 0 Å². The van der Waals surface area contributed by atoms with Crippen molar-refractivity contribution in [3.05, 3.63) is 34.5 Å². The molecule has 0 spiro atoms. The fourth-order valence-corrected chi connectivity index (χ4v) is 3.37. The number of phenols is 3. The zero-order valence-corrected chi connectivity index (χ0v) is 15.2. The van der Waals surface area contributed by atoms with Crippen LogP contribution in [0.2, 0.25) is 0 Å². The second-order valence-electron chi connectivity index (χ2n) is 6.87. The molecule has 160 valence electrons. The molecule has 2 heterocycles. The average molecular weight is 422 g/mol. The van der Waals surface area contributed by atoms with E-state index in [1.165, 1.54) is 6.07 Å². The van der Waals surface area contributed by atoms with Crippen LogP contribution in [0.4, 0.5) is 0 Å². The summed E-state index contributed by atoms with van der Waals surface area (Å²) in [6.45, 7) is -0.689. The lowest BCUT2D eigenvalue weighted by atomic mass is 9.99. The van der Waals surface area contributed by atoms with Crippen LogP contribution in [-0.4, -0.2) is 73.1 Å². The summed E-state index contributed by atoms with van der Waals surface area (Å²) in [5.41, 5.74) is -0.997. The number of fused-ring (bicyclic) bond motifs is 2. The number of rotatable bonds is 3. The van der Waals surface area contributed by atoms with Gasteiger partial charge in [0.1, 0.15) is 57.9 Å². The molecule has 11 heteroatoms. The van der Waals surface area contributed by atoms with E-state index in [0.717, 1.165) is 18.2 Å². The van der Waals surface area contributed by atoms with E-state index in [0.29, 0.717) is 0 Å². The van der Waals surface area contributed by atoms with E-state index in [9.17, 15) is 40.5 Å². The van der Waals surface area contributed by atoms with Crippen LogP contribution in [0.3, 0.4) is 0 Å². The molecule has 0 radical (unpaired) electrons. The smallest absolute Gasteiger partial charge is 0.229 e. The van der Waals surface area contributed by atoms with Crippen molar-refractivity contribution in [1.82, 2.24) is 0 Å². The number of aliphatic hydroxyl groups excluding tert-OH is 4. The fraction of sp³-hybridized carbons (Fsp3) is 0.316. The zero-order chi connectivity index (χ0) is 21.7. The summed E-state index contributed by atoms with van der Waals surface area (Å²) in [5.74, 6) is -1.96. The first kappa shape index (κ1) is 20.2. The van der Waals surface area contributed by atoms with Gasteiger partial charge in [0.05, 0.1) is 6.61 Å². The lowest BCUT2D eigenvalue weighted by Gasteiger charge is -2.39. The van der Waals surface area contributed by atoms with Gasteiger partial charge in [-0.05, 0) is 12.1 Å². The summed E-state index contributed by atoms with van der Waals surface area (Å²) in [6, 6.07) is 4.53. The number of aliphatic hydroxyl groups is 4. The maximum atomic E-state index is 13.0. The maximum absolute atomic E-state index is 13.0. The third-order valence-electron chi connectivity index (χ3n) is 4.93. The quantitative estimate of drug-likeness (QED) is 0.207. The van der Waals surface area contributed by atoms with Crippen LogP contribution < -0.4 is 10.2 Å². The monoisotopic (exact) mass is 422 g/mol. The number of phenolic OH excluding ortho intramolecular Hbond substituents is 3. The van der Waals surface area contributed by atoms with Crippen molar-refractivity contribution in [2.24, 2.45) is 0 Å². The van der Waals surface area contributed by atoms with E-state index in [-0.39, 0.29) is 33.4 Å². The minimum Gasteiger partial charge on any atom is -0.508 e. The normalized spacial score (nSPS) is 26.9. The molecule has 1 fully saturated rings. The molecular weight excluding hydrogens is 404 g/mol. The van der Waals surface area contributed by atoms with Crippen LogP contribution in [0.15, 0.2) is 33.5 Å². The van der Waals surface area contributed by atoms with E-state index in [1.807, 2.05) is 0 Å². The predicted molar refractivity (Wildman–Crippen MR) is 99.4 cm³/mol. The van der Waals surface area contributed by atoms with Gasteiger partial charge in [-0.3, -0.25) is 4.79 Å². The molecule has 1 aliphatic heterocycles. The van der Waals surface area contributed by atoms with Crippen LogP contribution in [0.1, 0.15) is 0 Å². The molecular formula is C19H18O11. The fourth-order valence-electron chi connectivity index (χ4n) is 3.37. The van der Waals surface area contributed by atoms with Crippen molar-refractivity contribution in [3.8, 4) is 23.0 Å². The van der Waals surface area contributed by atoms with Crippen molar-refractivity contribution in [3.63, 3.8) is 0 Å². The Bertz CT molecular complexity index is 1170. The standard InChI is InChI=1S/C19H18O11/c20-5-11-15(24)17(26)18(27)19(30-11)29-10-4-6(21)3-9-12(10)16(25)13-8(28-9)2-1-7(22)14(13)23/h1-4,11,15,17-24,26-27H,5H2/t11-,15-,17-,18-,19-/m0/s1. The Morgan fingerprint density at radius 2 is 1.67 bits per heavy atom. The molecule has 1 saturated heterocycles. The van der Waals surface area contributed by atoms with Crippen LogP contribution >= 0.6 is 0 Å². The molecule has 30 heavy (non-hydrogen) atoms. The van der Waals surface area contributed by atoms with Crippen LogP contribution in [0.5, 0.6) is 23.0 Å². The second-order valence-corrected chi connectivity index (χ2v) is 6.87. The summed E-state index contributed by atoms with van der Waals surface area (Å²) >= 11 is 0. The first-order chi connectivity index (χ1) is 14.2. The molecule has 1 aliphatic rings. The van der Waals surface area contributed by atoms with Gasteiger partial charge in [-0.1, -0.05) is 0 Å². The minimum atomic E-state index is -1.76. The van der Waals surface area contributed by atoms with Gasteiger partial charge in [-0.15, -0.1) is 0 Å². The topological polar surface area (TPSA) is 190 Å². The highest BCUT2D eigenvalue weighted by molar-refractivity contribution is 5.97. The molecule has 3 aromatic rings. The number of hydrogen-bond donors (Lipinski definition) is 7. The van der Waals surface area contributed by atoms with Crippen molar-refractivity contribution in [1.29, 1.82) is 0 Å². The Morgan fingerprint density at radius 1 is 0.933 bits per heavy atom. The van der Waals surface area contributed by atoms with Gasteiger partial charge in [-0.25, -0.2) is 0 Å². The van der Waals surface area contributed by atoms with Crippen LogP contribution in [0.25, 0.3) is 21.9 Å². The van der Waals surface area contributed by atoms with Crippen LogP contribution in [0, 0.1) is 0 Å². The average Bonchev–Trinajstić information content (AvgIpc) is 2.70. The summed E-state index contributed by atoms with van der Waals surface area (Å²) in [6.07, 6.45) is -7.97. The highest BCUT2D eigenvalue weighted by atomic mass is 16.7. The van der Waals surface area contributed by atoms with Crippen LogP contribution in [-0.2, 0) is 4.74 Å². The van der Waals surface area contributed by atoms with Crippen molar-refractivity contribution in [2.45, 2.75) is 30.7 Å². The van der Waals surface area contributed by atoms with Crippen molar-refractivity contribution < 1.29 is 49.6 Å². The second kappa shape index (κ2) is 7.31. The summed E-state index contributed by atoms with van der Waals surface area (Å²) in [7, 11) is 0. The van der Waals surface area contributed by atoms with E-state index >= 15 is 0 Å². The van der Waals surface area contributed by atoms with E-state index < -0.39 is 54.2 Å². The summed E-state index contributed by atoms with van der Waals surface area (Å²) in [5, 5.41) is 68.4. The zero-order valence-electron chi connectivity index (χ0n) is 15.2. The molecule has 4 rings (SSSR count). The third-order valence-corrected chi connectivity index (χ3v) is 4.93. The molecule has 1 aromatic heterocycles. The number of ether oxygens (including phenoxy) is 2. The van der Waals surface area contributed by atoms with E-state index in [1.54, 1.807) is 0 Å². The Balaban J connectivity index is 1.87. The Kier molecular flexibility index (Phi) is 4.92. The van der Waals surface area contributed by atoms with Gasteiger partial charge in [0.15, 0.2) is 11.5 Å². The molecule has 0 aliphatic carbocycles.